The lowest BCUT2D eigenvalue weighted by atomic mass is 10.1. The van der Waals surface area contributed by atoms with E-state index in [9.17, 15) is 14.0 Å². The topological polar surface area (TPSA) is 88.1 Å². The van der Waals surface area contributed by atoms with Crippen molar-refractivity contribution in [3.8, 4) is 11.3 Å². The molecule has 0 atom stereocenters. The molecule has 0 radical (unpaired) electrons. The molecule has 6 rings (SSSR count). The third-order valence-corrected chi connectivity index (χ3v) is 8.25. The zero-order chi connectivity index (χ0) is 28.7. The van der Waals surface area contributed by atoms with Gasteiger partial charge in [-0.15, -0.1) is 11.3 Å². The number of nitrogens with zero attached hydrogens (tertiary/aromatic N) is 4. The van der Waals surface area contributed by atoms with Gasteiger partial charge in [-0.05, 0) is 74.2 Å². The highest BCUT2D eigenvalue weighted by atomic mass is 32.1. The monoisotopic (exact) mass is 565 g/mol. The summed E-state index contributed by atoms with van der Waals surface area (Å²) in [5.74, 6) is -1.13. The van der Waals surface area contributed by atoms with E-state index in [1.807, 2.05) is 31.2 Å². The molecule has 206 valence electrons. The fourth-order valence-corrected chi connectivity index (χ4v) is 6.09. The van der Waals surface area contributed by atoms with Gasteiger partial charge in [0.1, 0.15) is 5.82 Å². The number of rotatable bonds is 6. The van der Waals surface area contributed by atoms with Gasteiger partial charge in [0.2, 0.25) is 0 Å². The summed E-state index contributed by atoms with van der Waals surface area (Å²) < 4.78 is 14.2. The highest BCUT2D eigenvalue weighted by Crippen LogP contribution is 2.36. The van der Waals surface area contributed by atoms with Crippen LogP contribution in [0.2, 0.25) is 0 Å². The number of halogens is 1. The molecule has 0 fully saturated rings. The van der Waals surface area contributed by atoms with Gasteiger partial charge in [0, 0.05) is 28.2 Å². The number of anilines is 2. The number of benzene rings is 3. The fourth-order valence-electron chi connectivity index (χ4n) is 5.26. The summed E-state index contributed by atoms with van der Waals surface area (Å²) in [4.78, 5) is 42.9. The molecule has 3 heterocycles. The number of aromatic nitrogens is 3. The minimum absolute atomic E-state index is 0.0649. The zero-order valence-corrected chi connectivity index (χ0v) is 23.8. The van der Waals surface area contributed by atoms with Crippen molar-refractivity contribution in [2.24, 2.45) is 0 Å². The molecule has 0 aliphatic carbocycles. The quantitative estimate of drug-likeness (QED) is 0.245. The van der Waals surface area contributed by atoms with Crippen LogP contribution in [0.1, 0.15) is 56.4 Å². The Morgan fingerprint density at radius 3 is 2.46 bits per heavy atom. The van der Waals surface area contributed by atoms with E-state index in [-0.39, 0.29) is 17.4 Å². The first-order valence-electron chi connectivity index (χ1n) is 13.6. The first-order valence-corrected chi connectivity index (χ1v) is 14.5. The number of carbonyl (C=O) groups is 2. The summed E-state index contributed by atoms with van der Waals surface area (Å²) in [5.41, 5.74) is 7.41. The van der Waals surface area contributed by atoms with Gasteiger partial charge in [-0.25, -0.2) is 19.3 Å². The van der Waals surface area contributed by atoms with Crippen molar-refractivity contribution in [2.75, 3.05) is 16.8 Å². The van der Waals surface area contributed by atoms with E-state index in [1.54, 1.807) is 29.2 Å². The molecule has 0 saturated carbocycles. The molecule has 0 saturated heterocycles. The van der Waals surface area contributed by atoms with E-state index < -0.39 is 5.82 Å². The van der Waals surface area contributed by atoms with Crippen molar-refractivity contribution in [3.05, 3.63) is 99.4 Å². The Labute approximate surface area is 241 Å². The maximum atomic E-state index is 14.2. The van der Waals surface area contributed by atoms with Gasteiger partial charge in [0.05, 0.1) is 33.7 Å². The van der Waals surface area contributed by atoms with Crippen LogP contribution in [-0.4, -0.2) is 33.3 Å². The molecule has 1 aliphatic heterocycles. The Kier molecular flexibility index (Phi) is 7.05. The maximum Gasteiger partial charge on any atom is 0.261 e. The van der Waals surface area contributed by atoms with Crippen LogP contribution in [0.3, 0.4) is 0 Å². The predicted molar refractivity (Wildman–Crippen MR) is 160 cm³/mol. The molecule has 5 aromatic rings. The third kappa shape index (κ3) is 4.97. The van der Waals surface area contributed by atoms with Crippen molar-refractivity contribution < 1.29 is 14.0 Å². The van der Waals surface area contributed by atoms with E-state index in [0.29, 0.717) is 29.2 Å². The van der Waals surface area contributed by atoms with Crippen LogP contribution < -0.4 is 10.2 Å². The second-order valence-corrected chi connectivity index (χ2v) is 11.1. The largest absolute Gasteiger partial charge is 0.308 e. The molecule has 0 unspecified atom stereocenters. The van der Waals surface area contributed by atoms with Gasteiger partial charge in [0.25, 0.3) is 11.8 Å². The molecule has 7 nitrogen and oxygen atoms in total. The Morgan fingerprint density at radius 1 is 0.951 bits per heavy atom. The van der Waals surface area contributed by atoms with E-state index in [2.05, 4.69) is 19.2 Å². The molecule has 1 aliphatic rings. The molecular formula is C32H28FN5O2S. The normalized spacial score (nSPS) is 12.5. The number of aryl methyl sites for hydroxylation is 3. The number of hydrogen-bond acceptors (Lipinski definition) is 6. The Bertz CT molecular complexity index is 1830. The van der Waals surface area contributed by atoms with Crippen molar-refractivity contribution >= 4 is 45.0 Å². The SMILES string of the molecule is CCc1nc2ccc(C(=O)Nc3nc(-c4ccc5c(c4)CCN5C(=O)c4ccccc4F)c(C)s3)cc2nc1CC. The average molecular weight is 566 g/mol. The average Bonchev–Trinajstić information content (AvgIpc) is 3.58. The second kappa shape index (κ2) is 10.8. The number of amides is 2. The summed E-state index contributed by atoms with van der Waals surface area (Å²) >= 11 is 1.41. The van der Waals surface area contributed by atoms with Crippen molar-refractivity contribution in [2.45, 2.75) is 40.0 Å². The number of thiazole rings is 1. The lowest BCUT2D eigenvalue weighted by molar-refractivity contribution is 0.0984. The van der Waals surface area contributed by atoms with Crippen LogP contribution >= 0.6 is 11.3 Å². The van der Waals surface area contributed by atoms with Crippen LogP contribution in [0.5, 0.6) is 0 Å². The molecule has 0 bridgehead atoms. The summed E-state index contributed by atoms with van der Waals surface area (Å²) in [7, 11) is 0. The van der Waals surface area contributed by atoms with Crippen LogP contribution in [0, 0.1) is 12.7 Å². The molecule has 9 heteroatoms. The van der Waals surface area contributed by atoms with Crippen LogP contribution in [0.4, 0.5) is 15.2 Å². The molecule has 3 aromatic carbocycles. The van der Waals surface area contributed by atoms with E-state index >= 15 is 0 Å². The molecule has 2 aromatic heterocycles. The smallest absolute Gasteiger partial charge is 0.261 e. The fraction of sp³-hybridized carbons (Fsp3) is 0.219. The van der Waals surface area contributed by atoms with Gasteiger partial charge >= 0.3 is 0 Å². The van der Waals surface area contributed by atoms with Crippen molar-refractivity contribution in [1.82, 2.24) is 15.0 Å². The highest BCUT2D eigenvalue weighted by Gasteiger charge is 2.28. The highest BCUT2D eigenvalue weighted by molar-refractivity contribution is 7.16. The first kappa shape index (κ1) is 26.7. The molecule has 41 heavy (non-hydrogen) atoms. The summed E-state index contributed by atoms with van der Waals surface area (Å²) in [6.07, 6.45) is 2.27. The number of carbonyl (C=O) groups excluding carboxylic acids is 2. The van der Waals surface area contributed by atoms with Gasteiger partial charge in [0.15, 0.2) is 5.13 Å². The third-order valence-electron chi connectivity index (χ3n) is 7.37. The van der Waals surface area contributed by atoms with Gasteiger partial charge < -0.3 is 4.90 Å². The van der Waals surface area contributed by atoms with Crippen molar-refractivity contribution in [3.63, 3.8) is 0 Å². The summed E-state index contributed by atoms with van der Waals surface area (Å²) in [6.45, 7) is 6.57. The van der Waals surface area contributed by atoms with Gasteiger partial charge in [-0.1, -0.05) is 32.0 Å². The molecule has 0 spiro atoms. The lowest BCUT2D eigenvalue weighted by Crippen LogP contribution is -2.29. The maximum absolute atomic E-state index is 14.2. The van der Waals surface area contributed by atoms with Crippen molar-refractivity contribution in [1.29, 1.82) is 0 Å². The zero-order valence-electron chi connectivity index (χ0n) is 23.0. The molecular weight excluding hydrogens is 537 g/mol. The molecule has 1 N–H and O–H groups in total. The lowest BCUT2D eigenvalue weighted by Gasteiger charge is -2.18. The first-order chi connectivity index (χ1) is 19.9. The van der Waals surface area contributed by atoms with E-state index in [1.165, 1.54) is 23.5 Å². The Balaban J connectivity index is 1.22. The minimum atomic E-state index is -0.525. The van der Waals surface area contributed by atoms with Gasteiger partial charge in [-0.3, -0.25) is 14.9 Å². The number of fused-ring (bicyclic) bond motifs is 2. The summed E-state index contributed by atoms with van der Waals surface area (Å²) in [6, 6.07) is 17.2. The number of nitrogens with one attached hydrogen (secondary N) is 1. The Hall–Kier alpha value is -4.50. The Morgan fingerprint density at radius 2 is 1.71 bits per heavy atom. The standard InChI is InChI=1S/C32H28FN5O2S/c1-4-24-25(5-2)35-27-17-21(10-12-26(27)34-24)30(39)37-32-36-29(18(3)41-32)20-11-13-28-19(16-20)14-15-38(28)31(40)22-8-6-7-9-23(22)33/h6-13,16-17H,4-5,14-15H2,1-3H3,(H,36,37,39). The van der Waals surface area contributed by atoms with Gasteiger partial charge in [-0.2, -0.15) is 0 Å². The second-order valence-electron chi connectivity index (χ2n) is 9.94. The van der Waals surface area contributed by atoms with E-state index in [0.717, 1.165) is 57.1 Å². The minimum Gasteiger partial charge on any atom is -0.308 e. The number of hydrogen-bond donors (Lipinski definition) is 1. The van der Waals surface area contributed by atoms with E-state index in [4.69, 9.17) is 15.0 Å². The van der Waals surface area contributed by atoms with Crippen LogP contribution in [-0.2, 0) is 19.3 Å². The van der Waals surface area contributed by atoms with Crippen LogP contribution in [0.15, 0.2) is 60.7 Å². The van der Waals surface area contributed by atoms with Crippen LogP contribution in [0.25, 0.3) is 22.3 Å². The predicted octanol–water partition coefficient (Wildman–Crippen LogP) is 6.78. The summed E-state index contributed by atoms with van der Waals surface area (Å²) in [5, 5.41) is 3.44. The molecule has 2 amide bonds.